The van der Waals surface area contributed by atoms with Crippen molar-refractivity contribution in [3.05, 3.63) is 508 Å². The van der Waals surface area contributed by atoms with Gasteiger partial charge in [-0.3, -0.25) is 0 Å². The standard InChI is InChI=1S/C72H54N2O2.C68H46N2O2/c1-45(2)49-19-13-21-55(41-49)73(53-37-33-47(34-38-53)57-27-15-29-63-59-23-9-11-31-67(59)75-71(57)63)69-61-25-7-8-26-62(61)70(66-44-52-18-6-5-17-51(52)43-65(66)69)74(56-22-14-20-50(42-56)46(3)4)54-39-35-48(36-40-54)58-28-16-30-64-60-24-10-12-32-68(60)76-72(58)64;1-43-15-11-19-51(39-43)69(49-35-31-45(32-36-49)53-25-13-27-59-55-21-7-9-29-63(55)71-67(53)59)65-57-23-5-6-24-58(57)66(62-42-48-18-4-3-17-47(48)41-61(62)65)70(52-20-12-16-44(2)40-52)50-37-33-46(34-38-50)54-26-14-28-60-56-22-8-10-30-64(56)72-68(54)60/h5-46H,1-4H3;3-42H,1-2H3. The lowest BCUT2D eigenvalue weighted by Gasteiger charge is -2.33. The van der Waals surface area contributed by atoms with Gasteiger partial charge in [-0.2, -0.15) is 0 Å². The first kappa shape index (κ1) is 88.2. The van der Waals surface area contributed by atoms with Crippen molar-refractivity contribution >= 4 is 221 Å². The number of anilines is 12. The lowest BCUT2D eigenvalue weighted by molar-refractivity contribution is 0.669. The number of hydrogen-bond donors (Lipinski definition) is 0. The lowest BCUT2D eigenvalue weighted by Crippen LogP contribution is -2.15. The van der Waals surface area contributed by atoms with Gasteiger partial charge >= 0.3 is 0 Å². The number of furan rings is 4. The molecule has 148 heavy (non-hydrogen) atoms. The maximum atomic E-state index is 6.57. The van der Waals surface area contributed by atoms with E-state index >= 15 is 0 Å². The molecule has 8 nitrogen and oxygen atoms in total. The smallest absolute Gasteiger partial charge is 0.143 e. The third kappa shape index (κ3) is 15.2. The molecule has 0 saturated carbocycles. The van der Waals surface area contributed by atoms with Crippen molar-refractivity contribution in [3.63, 3.8) is 0 Å². The van der Waals surface area contributed by atoms with Crippen molar-refractivity contribution < 1.29 is 17.7 Å². The molecule has 0 amide bonds. The zero-order chi connectivity index (χ0) is 98.9. The summed E-state index contributed by atoms with van der Waals surface area (Å²) in [4.78, 5) is 9.92. The lowest BCUT2D eigenvalue weighted by atomic mass is 9.92. The summed E-state index contributed by atoms with van der Waals surface area (Å²) in [5.41, 5.74) is 33.9. The van der Waals surface area contributed by atoms with Crippen LogP contribution < -0.4 is 19.6 Å². The third-order valence-electron chi connectivity index (χ3n) is 30.0. The van der Waals surface area contributed by atoms with E-state index in [2.05, 4.69) is 510 Å². The molecule has 8 heteroatoms. The minimum Gasteiger partial charge on any atom is -0.455 e. The molecule has 0 unspecified atom stereocenters. The Bertz CT molecular complexity index is 9550. The highest BCUT2D eigenvalue weighted by Gasteiger charge is 2.32. The SMILES string of the molecule is CC(C)c1cccc(N(c2ccc(-c3cccc4c3oc3ccccc34)cc2)c2c3ccccc3c(N(c3ccc(-c4cccc5c4oc4ccccc45)cc3)c3cccc(C(C)C)c3)c3cc4ccccc4cc23)c1.Cc1cccc(N(c2ccc(-c3cccc4c3oc3ccccc34)cc2)c2c3ccccc3c(N(c3ccc(-c4cccc5c4oc4ccccc45)cc3)c3cccc(C)c3)c3cc4ccccc4cc23)c1. The number of rotatable bonds is 18. The largest absolute Gasteiger partial charge is 0.455 e. The van der Waals surface area contributed by atoms with E-state index in [4.69, 9.17) is 17.7 Å². The van der Waals surface area contributed by atoms with Gasteiger partial charge in [0.05, 0.1) is 22.7 Å². The predicted molar refractivity (Wildman–Crippen MR) is 625 cm³/mol. The van der Waals surface area contributed by atoms with Gasteiger partial charge in [-0.05, 0) is 237 Å². The summed E-state index contributed by atoms with van der Waals surface area (Å²) in [5, 5.41) is 22.9. The monoisotopic (exact) mass is 1900 g/mol. The van der Waals surface area contributed by atoms with Gasteiger partial charge < -0.3 is 37.3 Å². The fourth-order valence-corrected chi connectivity index (χ4v) is 22.9. The molecule has 0 fully saturated rings. The molecule has 0 radical (unpaired) electrons. The Hall–Kier alpha value is -18.8. The molecular weight excluding hydrogens is 1800 g/mol. The summed E-state index contributed by atoms with van der Waals surface area (Å²) in [5.74, 6) is 0.669. The van der Waals surface area contributed by atoms with Gasteiger partial charge in [-0.1, -0.05) is 367 Å². The van der Waals surface area contributed by atoms with Gasteiger partial charge in [0.1, 0.15) is 44.7 Å². The van der Waals surface area contributed by atoms with E-state index < -0.39 is 0 Å². The van der Waals surface area contributed by atoms with Crippen molar-refractivity contribution in [1.29, 1.82) is 0 Å². The molecule has 704 valence electrons. The fraction of sp³-hybridized carbons (Fsp3) is 0.0571. The van der Waals surface area contributed by atoms with Crippen LogP contribution in [0.2, 0.25) is 0 Å². The molecule has 4 aromatic heterocycles. The van der Waals surface area contributed by atoms with Crippen LogP contribution in [0.15, 0.2) is 503 Å². The van der Waals surface area contributed by atoms with Crippen molar-refractivity contribution in [3.8, 4) is 44.5 Å². The van der Waals surface area contributed by atoms with E-state index in [1.54, 1.807) is 0 Å². The van der Waals surface area contributed by atoms with Crippen LogP contribution in [0, 0.1) is 13.8 Å². The Morgan fingerprint density at radius 3 is 0.615 bits per heavy atom. The second-order valence-corrected chi connectivity index (χ2v) is 39.8. The minimum absolute atomic E-state index is 0.335. The van der Waals surface area contributed by atoms with Gasteiger partial charge in [-0.25, -0.2) is 0 Å². The summed E-state index contributed by atoms with van der Waals surface area (Å²) in [7, 11) is 0. The van der Waals surface area contributed by atoms with Crippen LogP contribution in [0.5, 0.6) is 0 Å². The van der Waals surface area contributed by atoms with E-state index in [9.17, 15) is 0 Å². The second-order valence-electron chi connectivity index (χ2n) is 39.8. The Morgan fingerprint density at radius 1 is 0.162 bits per heavy atom. The average molecular weight is 1900 g/mol. The van der Waals surface area contributed by atoms with Crippen LogP contribution in [-0.2, 0) is 0 Å². The van der Waals surface area contributed by atoms with Crippen molar-refractivity contribution in [2.24, 2.45) is 0 Å². The van der Waals surface area contributed by atoms with Crippen molar-refractivity contribution in [2.45, 2.75) is 53.4 Å². The number of aryl methyl sites for hydroxylation is 2. The van der Waals surface area contributed by atoms with Gasteiger partial charge in [-0.15, -0.1) is 0 Å². The number of hydrogen-bond acceptors (Lipinski definition) is 8. The van der Waals surface area contributed by atoms with Crippen LogP contribution in [0.3, 0.4) is 0 Å². The number of nitrogens with zero attached hydrogens (tertiary/aromatic N) is 4. The van der Waals surface area contributed by atoms with Gasteiger partial charge in [0, 0.05) is 154 Å². The predicted octanol–water partition coefficient (Wildman–Crippen LogP) is 41.3. The molecular formula is C140H100N4O4. The van der Waals surface area contributed by atoms with Crippen LogP contribution in [-0.4, -0.2) is 0 Å². The first-order valence-corrected chi connectivity index (χ1v) is 51.2. The minimum atomic E-state index is 0.335. The molecule has 28 aromatic rings. The highest BCUT2D eigenvalue weighted by molar-refractivity contribution is 6.28. The van der Waals surface area contributed by atoms with E-state index in [0.717, 1.165) is 244 Å². The Morgan fingerprint density at radius 2 is 0.372 bits per heavy atom. The molecule has 28 rings (SSSR count). The highest BCUT2D eigenvalue weighted by atomic mass is 16.3. The van der Waals surface area contributed by atoms with Crippen LogP contribution in [0.4, 0.5) is 68.2 Å². The summed E-state index contributed by atoms with van der Waals surface area (Å²) in [6.07, 6.45) is 0. The quantitative estimate of drug-likeness (QED) is 0.0622. The van der Waals surface area contributed by atoms with E-state index in [1.165, 1.54) is 43.8 Å². The fourth-order valence-electron chi connectivity index (χ4n) is 22.9. The number of para-hydroxylation sites is 8. The first-order chi connectivity index (χ1) is 72.9. The zero-order valence-corrected chi connectivity index (χ0v) is 82.8. The first-order valence-electron chi connectivity index (χ1n) is 51.2. The Balaban J connectivity index is 0.000000146. The number of benzene rings is 24. The van der Waals surface area contributed by atoms with Crippen LogP contribution in [0.1, 0.15) is 61.8 Å². The molecule has 0 aliphatic carbocycles. The van der Waals surface area contributed by atoms with Gasteiger partial charge in [0.25, 0.3) is 0 Å². The topological polar surface area (TPSA) is 65.5 Å². The average Bonchev–Trinajstić information content (AvgIpc) is 1.04. The maximum absolute atomic E-state index is 6.57. The summed E-state index contributed by atoms with van der Waals surface area (Å²) < 4.78 is 26.2. The molecule has 0 spiro atoms. The van der Waals surface area contributed by atoms with Crippen LogP contribution in [0.25, 0.3) is 197 Å². The third-order valence-corrected chi connectivity index (χ3v) is 30.0. The molecule has 4 heterocycles. The number of fused-ring (bicyclic) bond motifs is 18. The highest BCUT2D eigenvalue weighted by Crippen LogP contribution is 2.57. The Labute approximate surface area is 857 Å². The maximum Gasteiger partial charge on any atom is 0.143 e. The second kappa shape index (κ2) is 36.3. The molecule has 0 saturated heterocycles. The Kier molecular flexibility index (Phi) is 21.6. The molecule has 0 aliphatic rings. The van der Waals surface area contributed by atoms with Crippen molar-refractivity contribution in [2.75, 3.05) is 19.6 Å². The summed E-state index contributed by atoms with van der Waals surface area (Å²) in [6, 6.07) is 176. The molecule has 0 atom stereocenters. The molecule has 0 N–H and O–H groups in total. The van der Waals surface area contributed by atoms with Gasteiger partial charge in [0.2, 0.25) is 0 Å². The zero-order valence-electron chi connectivity index (χ0n) is 82.8. The van der Waals surface area contributed by atoms with Crippen LogP contribution >= 0.6 is 0 Å². The van der Waals surface area contributed by atoms with Gasteiger partial charge in [0.15, 0.2) is 0 Å². The van der Waals surface area contributed by atoms with E-state index in [1.807, 2.05) is 36.4 Å². The van der Waals surface area contributed by atoms with E-state index in [-0.39, 0.29) is 0 Å². The molecule has 0 aliphatic heterocycles. The van der Waals surface area contributed by atoms with Crippen molar-refractivity contribution in [1.82, 2.24) is 0 Å². The summed E-state index contributed by atoms with van der Waals surface area (Å²) in [6.45, 7) is 13.4. The molecule has 0 bridgehead atoms. The molecule has 24 aromatic carbocycles. The normalized spacial score (nSPS) is 11.8. The van der Waals surface area contributed by atoms with E-state index in [0.29, 0.717) is 11.8 Å². The summed E-state index contributed by atoms with van der Waals surface area (Å²) >= 11 is 0.